The molecule has 1 aliphatic heterocycles. The first-order valence-electron chi connectivity index (χ1n) is 11.3. The molecule has 0 amide bonds. The highest BCUT2D eigenvalue weighted by Crippen LogP contribution is 2.18. The first kappa shape index (κ1) is 23.9. The Morgan fingerprint density at radius 3 is 1.38 bits per heavy atom. The van der Waals surface area contributed by atoms with E-state index in [1.807, 2.05) is 0 Å². The van der Waals surface area contributed by atoms with Crippen molar-refractivity contribution in [3.8, 4) is 11.5 Å². The van der Waals surface area contributed by atoms with Gasteiger partial charge in [0.2, 0.25) is 0 Å². The zero-order valence-electron chi connectivity index (χ0n) is 18.8. The molecule has 176 valence electrons. The quantitative estimate of drug-likeness (QED) is 0.292. The highest BCUT2D eigenvalue weighted by molar-refractivity contribution is 5.62. The van der Waals surface area contributed by atoms with Gasteiger partial charge in [0.1, 0.15) is 11.4 Å². The number of rotatable bonds is 14. The molecule has 0 aliphatic carbocycles. The Morgan fingerprint density at radius 1 is 0.656 bits per heavy atom. The molecule has 2 N–H and O–H groups in total. The summed E-state index contributed by atoms with van der Waals surface area (Å²) in [4.78, 5) is 50.9. The van der Waals surface area contributed by atoms with Gasteiger partial charge in [0.05, 0.1) is 13.2 Å². The Balaban J connectivity index is 1.27. The van der Waals surface area contributed by atoms with Crippen LogP contribution < -0.4 is 41.8 Å². The molecule has 0 aromatic heterocycles. The van der Waals surface area contributed by atoms with Crippen LogP contribution in [0.1, 0.15) is 26.7 Å². The monoisotopic (exact) mass is 448 g/mol. The van der Waals surface area contributed by atoms with Gasteiger partial charge in [-0.3, -0.25) is 19.2 Å². The molecule has 1 fully saturated rings. The van der Waals surface area contributed by atoms with E-state index in [-0.39, 0.29) is 11.5 Å². The summed E-state index contributed by atoms with van der Waals surface area (Å²) in [6, 6.07) is 0. The van der Waals surface area contributed by atoms with Crippen molar-refractivity contribution in [1.82, 2.24) is 9.80 Å². The lowest BCUT2D eigenvalue weighted by Crippen LogP contribution is -2.47. The van der Waals surface area contributed by atoms with E-state index in [1.165, 1.54) is 0 Å². The molecule has 0 bridgehead atoms. The van der Waals surface area contributed by atoms with Gasteiger partial charge in [-0.15, -0.1) is 0 Å². The molecule has 0 radical (unpaired) electrons. The van der Waals surface area contributed by atoms with E-state index in [9.17, 15) is 19.2 Å². The average Bonchev–Trinajstić information content (AvgIpc) is 2.82. The third kappa shape index (κ3) is 5.36. The number of anilines is 2. The highest BCUT2D eigenvalue weighted by Gasteiger charge is 2.23. The molecule has 0 saturated carbocycles. The molecule has 0 spiro atoms. The van der Waals surface area contributed by atoms with Crippen LogP contribution in [0.5, 0.6) is 11.5 Å². The molecular formula is C22H32N4O6. The number of ether oxygens (including phenoxy) is 2. The predicted molar refractivity (Wildman–Crippen MR) is 124 cm³/mol. The lowest BCUT2D eigenvalue weighted by Gasteiger charge is -2.34. The van der Waals surface area contributed by atoms with Crippen LogP contribution >= 0.6 is 0 Å². The number of hydrogen-bond acceptors (Lipinski definition) is 10. The van der Waals surface area contributed by atoms with Gasteiger partial charge in [0.25, 0.3) is 21.7 Å². The zero-order valence-corrected chi connectivity index (χ0v) is 18.8. The molecule has 0 atom stereocenters. The van der Waals surface area contributed by atoms with Crippen molar-refractivity contribution < 1.29 is 9.47 Å². The molecule has 1 saturated heterocycles. The number of nitrogens with zero attached hydrogens (tertiary/aromatic N) is 2. The molecule has 2 aromatic rings. The Hall–Kier alpha value is -2.72. The largest absolute Gasteiger partial charge is 0.488 e. The Kier molecular flexibility index (Phi) is 8.40. The predicted octanol–water partition coefficient (Wildman–Crippen LogP) is -0.402. The van der Waals surface area contributed by atoms with Crippen LogP contribution in [0.15, 0.2) is 19.2 Å². The molecule has 3 rings (SSSR count). The Labute approximate surface area is 186 Å². The van der Waals surface area contributed by atoms with Crippen LogP contribution in [-0.4, -0.2) is 75.4 Å². The second-order valence-corrected chi connectivity index (χ2v) is 7.83. The molecule has 1 heterocycles. The van der Waals surface area contributed by atoms with Crippen molar-refractivity contribution in [3.05, 3.63) is 40.9 Å². The topological polar surface area (TPSA) is 117 Å². The summed E-state index contributed by atoms with van der Waals surface area (Å²) >= 11 is 0. The molecular weight excluding hydrogens is 416 g/mol. The summed E-state index contributed by atoms with van der Waals surface area (Å²) in [5, 5.41) is 6.07. The highest BCUT2D eigenvalue weighted by atomic mass is 16.5. The van der Waals surface area contributed by atoms with Crippen LogP contribution in [0.2, 0.25) is 0 Å². The standard InChI is InChI=1S/C22H32N4O6/c1-3-31-21-15(17(27)19(21)29)23-7-5-9-25-11-13-26(14-12-25)10-6-8-24-16-18(28)20(30)22(16)32-4-2/h23-24H,3-14H2,1-2H3. The fourth-order valence-electron chi connectivity index (χ4n) is 3.90. The number of hydrogen-bond donors (Lipinski definition) is 2. The van der Waals surface area contributed by atoms with Crippen LogP contribution in [0.3, 0.4) is 0 Å². The lowest BCUT2D eigenvalue weighted by molar-refractivity contribution is 0.132. The summed E-state index contributed by atoms with van der Waals surface area (Å²) < 4.78 is 10.4. The Bertz CT molecular complexity index is 944. The van der Waals surface area contributed by atoms with Crippen molar-refractivity contribution in [2.45, 2.75) is 26.7 Å². The summed E-state index contributed by atoms with van der Waals surface area (Å²) in [5.74, 6) is 0.332. The maximum atomic E-state index is 11.6. The van der Waals surface area contributed by atoms with Crippen LogP contribution in [0, 0.1) is 0 Å². The average molecular weight is 449 g/mol. The summed E-state index contributed by atoms with van der Waals surface area (Å²) in [5.41, 5.74) is -1.44. The SMILES string of the molecule is CCOc1c(NCCCN2CCN(CCCNc3c(OCC)c(=O)c3=O)CC2)c(=O)c1=O. The van der Waals surface area contributed by atoms with Gasteiger partial charge in [-0.1, -0.05) is 0 Å². The van der Waals surface area contributed by atoms with Gasteiger partial charge < -0.3 is 29.9 Å². The van der Waals surface area contributed by atoms with Crippen molar-refractivity contribution in [2.24, 2.45) is 0 Å². The molecule has 2 aromatic carbocycles. The third-order valence-electron chi connectivity index (χ3n) is 5.68. The Morgan fingerprint density at radius 2 is 1.03 bits per heavy atom. The minimum atomic E-state index is -0.542. The fourth-order valence-corrected chi connectivity index (χ4v) is 3.90. The summed E-state index contributed by atoms with van der Waals surface area (Å²) in [6.45, 7) is 11.3. The van der Waals surface area contributed by atoms with Crippen LogP contribution in [0.4, 0.5) is 11.4 Å². The maximum Gasteiger partial charge on any atom is 0.272 e. The third-order valence-corrected chi connectivity index (χ3v) is 5.68. The van der Waals surface area contributed by atoms with E-state index in [1.54, 1.807) is 13.8 Å². The minimum absolute atomic E-state index is 0.166. The number of nitrogens with one attached hydrogen (secondary N) is 2. The molecule has 1 aliphatic rings. The van der Waals surface area contributed by atoms with Gasteiger partial charge >= 0.3 is 0 Å². The van der Waals surface area contributed by atoms with Gasteiger partial charge in [-0.25, -0.2) is 0 Å². The van der Waals surface area contributed by atoms with Crippen molar-refractivity contribution in [1.29, 1.82) is 0 Å². The van der Waals surface area contributed by atoms with Gasteiger partial charge in [-0.05, 0) is 39.8 Å². The molecule has 0 unspecified atom stereocenters. The second kappa shape index (κ2) is 11.2. The smallest absolute Gasteiger partial charge is 0.272 e. The normalized spacial score (nSPS) is 15.3. The maximum absolute atomic E-state index is 11.6. The number of piperazine rings is 1. The molecule has 10 nitrogen and oxygen atoms in total. The van der Waals surface area contributed by atoms with Gasteiger partial charge in [-0.2, -0.15) is 0 Å². The lowest BCUT2D eigenvalue weighted by atomic mass is 10.2. The van der Waals surface area contributed by atoms with Crippen molar-refractivity contribution >= 4 is 11.4 Å². The second-order valence-electron chi connectivity index (χ2n) is 7.83. The van der Waals surface area contributed by atoms with E-state index in [0.29, 0.717) is 37.7 Å². The van der Waals surface area contributed by atoms with Crippen molar-refractivity contribution in [3.63, 3.8) is 0 Å². The van der Waals surface area contributed by atoms with E-state index >= 15 is 0 Å². The van der Waals surface area contributed by atoms with Gasteiger partial charge in [0, 0.05) is 39.3 Å². The minimum Gasteiger partial charge on any atom is -0.488 e. The first-order valence-corrected chi connectivity index (χ1v) is 11.3. The van der Waals surface area contributed by atoms with E-state index in [2.05, 4.69) is 20.4 Å². The van der Waals surface area contributed by atoms with Crippen LogP contribution in [0.25, 0.3) is 0 Å². The van der Waals surface area contributed by atoms with E-state index in [0.717, 1.165) is 52.1 Å². The van der Waals surface area contributed by atoms with E-state index < -0.39 is 21.7 Å². The van der Waals surface area contributed by atoms with Crippen LogP contribution in [-0.2, 0) is 0 Å². The summed E-state index contributed by atoms with van der Waals surface area (Å²) in [6.07, 6.45) is 1.75. The zero-order chi connectivity index (χ0) is 23.1. The van der Waals surface area contributed by atoms with Gasteiger partial charge in [0.15, 0.2) is 11.5 Å². The summed E-state index contributed by atoms with van der Waals surface area (Å²) in [7, 11) is 0. The molecule has 10 heteroatoms. The first-order chi connectivity index (χ1) is 15.5. The fraction of sp³-hybridized carbons (Fsp3) is 0.636. The van der Waals surface area contributed by atoms with E-state index in [4.69, 9.17) is 9.47 Å². The van der Waals surface area contributed by atoms with Crippen molar-refractivity contribution in [2.75, 3.05) is 76.2 Å². The molecule has 32 heavy (non-hydrogen) atoms.